The van der Waals surface area contributed by atoms with Crippen molar-refractivity contribution < 1.29 is 32.9 Å². The fourth-order valence-electron chi connectivity index (χ4n) is 4.04. The standard InChI is InChI=1S/C22H25FO6/c1-5-6-15-11-22(21(10-18(15)25)27-12-28-22)13(2)7-16-8-20(29-14(3)24)19(26-4)9-17(16)23/h5,8-10,13,15H,1,6-7,11-12H2,2-4H3/t13-,15+,22-/m1/s1. The van der Waals surface area contributed by atoms with E-state index in [1.165, 1.54) is 32.2 Å². The summed E-state index contributed by atoms with van der Waals surface area (Å²) in [6, 6.07) is 2.67. The van der Waals surface area contributed by atoms with E-state index in [1.807, 2.05) is 6.92 Å². The molecule has 0 radical (unpaired) electrons. The lowest BCUT2D eigenvalue weighted by atomic mass is 9.71. The van der Waals surface area contributed by atoms with Gasteiger partial charge in [0.05, 0.1) is 7.11 Å². The smallest absolute Gasteiger partial charge is 0.308 e. The molecule has 0 spiro atoms. The monoisotopic (exact) mass is 404 g/mol. The average molecular weight is 404 g/mol. The van der Waals surface area contributed by atoms with Gasteiger partial charge in [-0.25, -0.2) is 4.39 Å². The highest BCUT2D eigenvalue weighted by Crippen LogP contribution is 2.46. The minimum Gasteiger partial charge on any atom is -0.493 e. The van der Waals surface area contributed by atoms with Crippen molar-refractivity contribution >= 4 is 11.8 Å². The summed E-state index contributed by atoms with van der Waals surface area (Å²) >= 11 is 0. The van der Waals surface area contributed by atoms with Gasteiger partial charge in [-0.15, -0.1) is 6.58 Å². The molecule has 1 saturated heterocycles. The minimum absolute atomic E-state index is 0.0130. The van der Waals surface area contributed by atoms with Gasteiger partial charge >= 0.3 is 5.97 Å². The van der Waals surface area contributed by atoms with Crippen molar-refractivity contribution in [1.82, 2.24) is 0 Å². The lowest BCUT2D eigenvalue weighted by molar-refractivity contribution is -0.132. The molecule has 1 aromatic rings. The molecular formula is C22H25FO6. The van der Waals surface area contributed by atoms with E-state index in [9.17, 15) is 14.0 Å². The van der Waals surface area contributed by atoms with Crippen LogP contribution in [0.15, 0.2) is 36.6 Å². The van der Waals surface area contributed by atoms with Gasteiger partial charge in [0.15, 0.2) is 24.1 Å². The molecular weight excluding hydrogens is 379 g/mol. The number of methoxy groups -OCH3 is 1. The van der Waals surface area contributed by atoms with Gasteiger partial charge in [0, 0.05) is 25.0 Å². The summed E-state index contributed by atoms with van der Waals surface area (Å²) < 4.78 is 36.5. The summed E-state index contributed by atoms with van der Waals surface area (Å²) in [4.78, 5) is 23.7. The predicted molar refractivity (Wildman–Crippen MR) is 103 cm³/mol. The molecule has 0 unspecified atom stereocenters. The number of carbonyl (C=O) groups excluding carboxylic acids is 2. The Morgan fingerprint density at radius 3 is 2.86 bits per heavy atom. The number of hydrogen-bond donors (Lipinski definition) is 0. The van der Waals surface area contributed by atoms with Crippen LogP contribution in [0.4, 0.5) is 4.39 Å². The maximum Gasteiger partial charge on any atom is 0.308 e. The summed E-state index contributed by atoms with van der Waals surface area (Å²) in [6.45, 7) is 6.97. The van der Waals surface area contributed by atoms with Crippen molar-refractivity contribution in [3.05, 3.63) is 48.0 Å². The lowest BCUT2D eigenvalue weighted by Crippen LogP contribution is -2.45. The molecule has 0 saturated carbocycles. The number of halogens is 1. The predicted octanol–water partition coefficient (Wildman–Crippen LogP) is 3.73. The van der Waals surface area contributed by atoms with Gasteiger partial charge in [0.2, 0.25) is 0 Å². The van der Waals surface area contributed by atoms with E-state index in [0.29, 0.717) is 30.6 Å². The molecule has 0 aromatic heterocycles. The molecule has 1 aromatic carbocycles. The topological polar surface area (TPSA) is 71.1 Å². The molecule has 156 valence electrons. The van der Waals surface area contributed by atoms with Crippen LogP contribution >= 0.6 is 0 Å². The van der Waals surface area contributed by atoms with Crippen molar-refractivity contribution in [1.29, 1.82) is 0 Å². The minimum atomic E-state index is -0.810. The molecule has 1 aliphatic carbocycles. The third-order valence-corrected chi connectivity index (χ3v) is 5.53. The van der Waals surface area contributed by atoms with Gasteiger partial charge in [-0.05, 0) is 36.8 Å². The molecule has 0 amide bonds. The van der Waals surface area contributed by atoms with Gasteiger partial charge in [0.1, 0.15) is 17.2 Å². The van der Waals surface area contributed by atoms with E-state index in [2.05, 4.69) is 6.58 Å². The molecule has 29 heavy (non-hydrogen) atoms. The number of benzene rings is 1. The largest absolute Gasteiger partial charge is 0.493 e. The van der Waals surface area contributed by atoms with Gasteiger partial charge in [-0.2, -0.15) is 0 Å². The maximum absolute atomic E-state index is 14.7. The fraction of sp³-hybridized carbons (Fsp3) is 0.455. The van der Waals surface area contributed by atoms with Crippen LogP contribution in [0.1, 0.15) is 32.3 Å². The summed E-state index contributed by atoms with van der Waals surface area (Å²) in [5.74, 6) is -0.678. The van der Waals surface area contributed by atoms with Crippen LogP contribution in [0, 0.1) is 17.7 Å². The van der Waals surface area contributed by atoms with E-state index in [-0.39, 0.29) is 35.9 Å². The normalized spacial score (nSPS) is 24.2. The first-order valence-electron chi connectivity index (χ1n) is 9.49. The Balaban J connectivity index is 1.91. The van der Waals surface area contributed by atoms with Crippen LogP contribution in [0.5, 0.6) is 11.5 Å². The quantitative estimate of drug-likeness (QED) is 0.392. The number of ether oxygens (including phenoxy) is 4. The van der Waals surface area contributed by atoms with E-state index in [4.69, 9.17) is 18.9 Å². The summed E-state index contributed by atoms with van der Waals surface area (Å²) in [5, 5.41) is 0. The van der Waals surface area contributed by atoms with Crippen molar-refractivity contribution in [2.75, 3.05) is 13.9 Å². The lowest BCUT2D eigenvalue weighted by Gasteiger charge is -2.38. The van der Waals surface area contributed by atoms with Crippen molar-refractivity contribution in [2.45, 2.75) is 38.7 Å². The van der Waals surface area contributed by atoms with Crippen LogP contribution in [0.3, 0.4) is 0 Å². The average Bonchev–Trinajstić information content (AvgIpc) is 3.08. The first kappa shape index (κ1) is 21.0. The molecule has 0 bridgehead atoms. The van der Waals surface area contributed by atoms with E-state index in [1.54, 1.807) is 6.08 Å². The van der Waals surface area contributed by atoms with Crippen LogP contribution in [0.25, 0.3) is 0 Å². The van der Waals surface area contributed by atoms with Crippen LogP contribution in [0.2, 0.25) is 0 Å². The summed E-state index contributed by atoms with van der Waals surface area (Å²) in [6.07, 6.45) is 4.48. The number of carbonyl (C=O) groups is 2. The number of allylic oxidation sites excluding steroid dienone is 2. The molecule has 3 atom stereocenters. The molecule has 2 aliphatic rings. The molecule has 0 N–H and O–H groups in total. The molecule has 1 heterocycles. The summed E-state index contributed by atoms with van der Waals surface area (Å²) in [5.41, 5.74) is -0.453. The first-order valence-corrected chi connectivity index (χ1v) is 9.49. The highest BCUT2D eigenvalue weighted by molar-refractivity contribution is 5.93. The Kier molecular flexibility index (Phi) is 6.07. The number of fused-ring (bicyclic) bond motifs is 1. The molecule has 3 rings (SSSR count). The third kappa shape index (κ3) is 4.05. The molecule has 1 fully saturated rings. The third-order valence-electron chi connectivity index (χ3n) is 5.53. The highest BCUT2D eigenvalue weighted by Gasteiger charge is 2.51. The molecule has 7 heteroatoms. The van der Waals surface area contributed by atoms with Gasteiger partial charge in [0.25, 0.3) is 0 Å². The van der Waals surface area contributed by atoms with E-state index < -0.39 is 17.4 Å². The Hall–Kier alpha value is -2.67. The SMILES string of the molecule is C=CC[C@H]1C[C@]2([C@H](C)Cc3cc(OC(C)=O)c(OC)cc3F)OCOC2=CC1=O. The van der Waals surface area contributed by atoms with Crippen molar-refractivity contribution in [3.63, 3.8) is 0 Å². The van der Waals surface area contributed by atoms with Crippen LogP contribution < -0.4 is 9.47 Å². The number of rotatable bonds is 7. The van der Waals surface area contributed by atoms with E-state index >= 15 is 0 Å². The Labute approximate surface area is 169 Å². The fourth-order valence-corrected chi connectivity index (χ4v) is 4.04. The number of hydrogen-bond acceptors (Lipinski definition) is 6. The zero-order valence-electron chi connectivity index (χ0n) is 16.8. The zero-order chi connectivity index (χ0) is 21.2. The van der Waals surface area contributed by atoms with E-state index in [0.717, 1.165) is 0 Å². The maximum atomic E-state index is 14.7. The van der Waals surface area contributed by atoms with Gasteiger partial charge in [-0.3, -0.25) is 9.59 Å². The van der Waals surface area contributed by atoms with Crippen molar-refractivity contribution in [2.24, 2.45) is 11.8 Å². The second-order valence-corrected chi connectivity index (χ2v) is 7.43. The molecule has 1 aliphatic heterocycles. The van der Waals surface area contributed by atoms with Gasteiger partial charge in [-0.1, -0.05) is 13.0 Å². The van der Waals surface area contributed by atoms with Crippen molar-refractivity contribution in [3.8, 4) is 11.5 Å². The zero-order valence-corrected chi connectivity index (χ0v) is 16.8. The van der Waals surface area contributed by atoms with Crippen LogP contribution in [-0.4, -0.2) is 31.3 Å². The number of esters is 1. The Bertz CT molecular complexity index is 861. The van der Waals surface area contributed by atoms with Crippen LogP contribution in [-0.2, 0) is 25.5 Å². The Morgan fingerprint density at radius 2 is 2.21 bits per heavy atom. The second kappa shape index (κ2) is 8.37. The first-order chi connectivity index (χ1) is 13.8. The Morgan fingerprint density at radius 1 is 1.45 bits per heavy atom. The highest BCUT2D eigenvalue weighted by atomic mass is 19.1. The summed E-state index contributed by atoms with van der Waals surface area (Å²) in [7, 11) is 1.38. The second-order valence-electron chi connectivity index (χ2n) is 7.43. The van der Waals surface area contributed by atoms with Gasteiger partial charge < -0.3 is 18.9 Å². The molecule has 6 nitrogen and oxygen atoms in total. The number of ketones is 1.